The Morgan fingerprint density at radius 1 is 1.37 bits per heavy atom. The van der Waals surface area contributed by atoms with Crippen LogP contribution in [0.5, 0.6) is 0 Å². The van der Waals surface area contributed by atoms with Crippen molar-refractivity contribution in [3.05, 3.63) is 0 Å². The van der Waals surface area contributed by atoms with Crippen molar-refractivity contribution >= 4 is 28.0 Å². The molecule has 0 aliphatic heterocycles. The van der Waals surface area contributed by atoms with Crippen molar-refractivity contribution in [3.8, 4) is 0 Å². The molecule has 0 heterocycles. The van der Waals surface area contributed by atoms with Crippen LogP contribution in [-0.2, 0) is 9.53 Å². The number of alkyl halides is 1. The van der Waals surface area contributed by atoms with Gasteiger partial charge in [-0.2, -0.15) is 0 Å². The van der Waals surface area contributed by atoms with Crippen molar-refractivity contribution in [1.29, 1.82) is 0 Å². The normalized spacial score (nSPS) is 12.9. The molecule has 1 N–H and O–H groups in total. The summed E-state index contributed by atoms with van der Waals surface area (Å²) in [6.07, 6.45) is 1.25. The van der Waals surface area contributed by atoms with Crippen LogP contribution >= 0.6 is 15.9 Å². The van der Waals surface area contributed by atoms with Gasteiger partial charge in [-0.15, -0.1) is 0 Å². The van der Waals surface area contributed by atoms with E-state index in [0.717, 1.165) is 0 Å². The van der Waals surface area contributed by atoms with Crippen molar-refractivity contribution in [2.24, 2.45) is 0 Å². The monoisotopic (exact) mass is 337 g/mol. The average Bonchev–Trinajstić information content (AvgIpc) is 2.25. The number of nitrogens with zero attached hydrogens (tertiary/aromatic N) is 1. The molecule has 0 radical (unpaired) electrons. The summed E-state index contributed by atoms with van der Waals surface area (Å²) >= 11 is 3.29. The highest BCUT2D eigenvalue weighted by molar-refractivity contribution is 9.09. The van der Waals surface area contributed by atoms with Crippen LogP contribution in [0.1, 0.15) is 47.0 Å². The van der Waals surface area contributed by atoms with Crippen LogP contribution in [0.2, 0.25) is 0 Å². The molecule has 5 nitrogen and oxygen atoms in total. The van der Waals surface area contributed by atoms with Gasteiger partial charge in [-0.05, 0) is 33.6 Å². The largest absolute Gasteiger partial charge is 0.480 e. The molecule has 0 spiro atoms. The molecule has 6 heteroatoms. The van der Waals surface area contributed by atoms with Crippen LogP contribution in [0.3, 0.4) is 0 Å². The zero-order valence-corrected chi connectivity index (χ0v) is 13.7. The molecule has 0 saturated heterocycles. The van der Waals surface area contributed by atoms with Gasteiger partial charge >= 0.3 is 12.1 Å². The van der Waals surface area contributed by atoms with Crippen molar-refractivity contribution < 1.29 is 19.4 Å². The molecule has 0 fully saturated rings. The standard InChI is InChI=1S/C13H24BrNO4/c1-5-7-10(11(16)17)15(9-6-8-14)12(18)19-13(2,3)4/h10H,5-9H2,1-4H3,(H,16,17)/t10-/m0/s1. The minimum atomic E-state index is -0.984. The van der Waals surface area contributed by atoms with Gasteiger partial charge in [0.1, 0.15) is 11.6 Å². The third-order valence-corrected chi connectivity index (χ3v) is 2.94. The van der Waals surface area contributed by atoms with E-state index >= 15 is 0 Å². The van der Waals surface area contributed by atoms with Gasteiger partial charge in [0, 0.05) is 11.9 Å². The molecule has 0 bridgehead atoms. The van der Waals surface area contributed by atoms with E-state index in [1.165, 1.54) is 4.90 Å². The first-order valence-electron chi connectivity index (χ1n) is 6.51. The summed E-state index contributed by atoms with van der Waals surface area (Å²) in [7, 11) is 0. The molecule has 0 unspecified atom stereocenters. The third kappa shape index (κ3) is 7.40. The summed E-state index contributed by atoms with van der Waals surface area (Å²) in [4.78, 5) is 24.7. The molecule has 19 heavy (non-hydrogen) atoms. The average molecular weight is 338 g/mol. The molecule has 0 aromatic rings. The molecule has 1 amide bonds. The zero-order valence-electron chi connectivity index (χ0n) is 12.1. The molecule has 0 aromatic carbocycles. The van der Waals surface area contributed by atoms with E-state index in [2.05, 4.69) is 15.9 Å². The summed E-state index contributed by atoms with van der Waals surface area (Å²) in [6.45, 7) is 7.57. The molecular weight excluding hydrogens is 314 g/mol. The van der Waals surface area contributed by atoms with E-state index in [1.807, 2.05) is 6.92 Å². The van der Waals surface area contributed by atoms with E-state index in [9.17, 15) is 14.7 Å². The smallest absolute Gasteiger partial charge is 0.411 e. The van der Waals surface area contributed by atoms with Crippen LogP contribution < -0.4 is 0 Å². The number of aliphatic carboxylic acids is 1. The molecule has 0 aromatic heterocycles. The van der Waals surface area contributed by atoms with E-state index < -0.39 is 23.7 Å². The summed E-state index contributed by atoms with van der Waals surface area (Å²) in [5.41, 5.74) is -0.626. The Morgan fingerprint density at radius 3 is 2.32 bits per heavy atom. The van der Waals surface area contributed by atoms with Gasteiger partial charge in [0.25, 0.3) is 0 Å². The van der Waals surface area contributed by atoms with Gasteiger partial charge in [0.15, 0.2) is 0 Å². The van der Waals surface area contributed by atoms with Crippen LogP contribution in [-0.4, -0.2) is 45.6 Å². The fraction of sp³-hybridized carbons (Fsp3) is 0.846. The van der Waals surface area contributed by atoms with E-state index in [-0.39, 0.29) is 0 Å². The van der Waals surface area contributed by atoms with E-state index in [0.29, 0.717) is 31.1 Å². The minimum Gasteiger partial charge on any atom is -0.480 e. The highest BCUT2D eigenvalue weighted by Crippen LogP contribution is 2.15. The number of hydrogen-bond donors (Lipinski definition) is 1. The van der Waals surface area contributed by atoms with Gasteiger partial charge < -0.3 is 9.84 Å². The molecular formula is C13H24BrNO4. The number of halogens is 1. The van der Waals surface area contributed by atoms with E-state index in [1.54, 1.807) is 20.8 Å². The maximum absolute atomic E-state index is 12.1. The Kier molecular flexibility index (Phi) is 8.06. The number of carboxylic acid groups (broad SMARTS) is 1. The Hall–Kier alpha value is -0.780. The fourth-order valence-corrected chi connectivity index (χ4v) is 1.86. The topological polar surface area (TPSA) is 66.8 Å². The summed E-state index contributed by atoms with van der Waals surface area (Å²) < 4.78 is 5.28. The Labute approximate surface area is 123 Å². The lowest BCUT2D eigenvalue weighted by Crippen LogP contribution is -2.47. The molecule has 1 atom stereocenters. The summed E-state index contributed by atoms with van der Waals surface area (Å²) in [5, 5.41) is 9.97. The van der Waals surface area contributed by atoms with Gasteiger partial charge in [0.2, 0.25) is 0 Å². The SMILES string of the molecule is CCC[C@@H](C(=O)O)N(CCCBr)C(=O)OC(C)(C)C. The molecule has 112 valence electrons. The first-order valence-corrected chi connectivity index (χ1v) is 7.63. The number of carbonyl (C=O) groups is 2. The predicted octanol–water partition coefficient (Wildman–Crippen LogP) is 3.26. The minimum absolute atomic E-state index is 0.372. The van der Waals surface area contributed by atoms with Crippen molar-refractivity contribution in [1.82, 2.24) is 4.90 Å². The van der Waals surface area contributed by atoms with E-state index in [4.69, 9.17) is 4.74 Å². The maximum atomic E-state index is 12.1. The van der Waals surface area contributed by atoms with Crippen LogP contribution in [0, 0.1) is 0 Å². The first-order chi connectivity index (χ1) is 8.72. The van der Waals surface area contributed by atoms with Crippen LogP contribution in [0.25, 0.3) is 0 Å². The quantitative estimate of drug-likeness (QED) is 0.724. The third-order valence-electron chi connectivity index (χ3n) is 2.38. The first kappa shape index (κ1) is 18.2. The highest BCUT2D eigenvalue weighted by atomic mass is 79.9. The summed E-state index contributed by atoms with van der Waals surface area (Å²) in [5.74, 6) is -0.984. The second-order valence-corrected chi connectivity index (χ2v) is 6.15. The Balaban J connectivity index is 4.94. The number of carbonyl (C=O) groups excluding carboxylic acids is 1. The molecule has 0 aliphatic rings. The second kappa shape index (κ2) is 8.40. The number of hydrogen-bond acceptors (Lipinski definition) is 3. The number of ether oxygens (including phenoxy) is 1. The molecule has 0 rings (SSSR count). The van der Waals surface area contributed by atoms with Gasteiger partial charge in [-0.3, -0.25) is 4.90 Å². The van der Waals surface area contributed by atoms with Gasteiger partial charge in [-0.25, -0.2) is 9.59 Å². The van der Waals surface area contributed by atoms with Gasteiger partial charge in [-0.1, -0.05) is 29.3 Å². The lowest BCUT2D eigenvalue weighted by molar-refractivity contribution is -0.143. The lowest BCUT2D eigenvalue weighted by atomic mass is 10.1. The van der Waals surface area contributed by atoms with Crippen LogP contribution in [0.4, 0.5) is 4.79 Å². The Bertz CT molecular complexity index is 302. The molecule has 0 saturated carbocycles. The number of carboxylic acids is 1. The molecule has 0 aliphatic carbocycles. The van der Waals surface area contributed by atoms with Crippen molar-refractivity contribution in [2.45, 2.75) is 58.6 Å². The van der Waals surface area contributed by atoms with Gasteiger partial charge in [0.05, 0.1) is 0 Å². The lowest BCUT2D eigenvalue weighted by Gasteiger charge is -2.31. The fourth-order valence-electron chi connectivity index (χ4n) is 1.61. The number of amides is 1. The summed E-state index contributed by atoms with van der Waals surface area (Å²) in [6, 6.07) is -0.820. The Morgan fingerprint density at radius 2 is 1.95 bits per heavy atom. The van der Waals surface area contributed by atoms with Crippen LogP contribution in [0.15, 0.2) is 0 Å². The number of rotatable bonds is 7. The second-order valence-electron chi connectivity index (χ2n) is 5.36. The highest BCUT2D eigenvalue weighted by Gasteiger charge is 2.31. The van der Waals surface area contributed by atoms with Crippen molar-refractivity contribution in [3.63, 3.8) is 0 Å². The zero-order chi connectivity index (χ0) is 15.1. The maximum Gasteiger partial charge on any atom is 0.411 e. The predicted molar refractivity (Wildman–Crippen MR) is 77.7 cm³/mol. The van der Waals surface area contributed by atoms with Crippen molar-refractivity contribution in [2.75, 3.05) is 11.9 Å².